The van der Waals surface area contributed by atoms with Crippen molar-refractivity contribution in [3.05, 3.63) is 53.6 Å². The number of thioether (sulfide) groups is 1. The van der Waals surface area contributed by atoms with E-state index in [9.17, 15) is 21.6 Å². The van der Waals surface area contributed by atoms with Crippen LogP contribution < -0.4 is 4.72 Å². The van der Waals surface area contributed by atoms with Crippen molar-refractivity contribution in [3.8, 4) is 0 Å². The molecule has 0 amide bonds. The van der Waals surface area contributed by atoms with Crippen LogP contribution in [0.5, 0.6) is 0 Å². The predicted molar refractivity (Wildman–Crippen MR) is 101 cm³/mol. The monoisotopic (exact) mass is 432 g/mol. The maximum atomic E-state index is 12.8. The molecule has 3 aromatic rings. The maximum absolute atomic E-state index is 12.8. The molecule has 4 nitrogen and oxygen atoms in total. The van der Waals surface area contributed by atoms with Crippen LogP contribution in [0.1, 0.15) is 18.1 Å². The normalized spacial score (nSPS) is 12.6. The molecule has 144 valence electrons. The lowest BCUT2D eigenvalue weighted by molar-refractivity contribution is -0.137. The second kappa shape index (κ2) is 7.78. The van der Waals surface area contributed by atoms with Gasteiger partial charge in [0.25, 0.3) is 0 Å². The topological polar surface area (TPSA) is 59.1 Å². The Hall–Kier alpha value is -1.62. The summed E-state index contributed by atoms with van der Waals surface area (Å²) in [6, 6.07) is 9.18. The summed E-state index contributed by atoms with van der Waals surface area (Å²) in [5.41, 5.74) is 0.132. The van der Waals surface area contributed by atoms with Crippen molar-refractivity contribution in [2.45, 2.75) is 28.9 Å². The maximum Gasteiger partial charge on any atom is 0.416 e. The molecule has 1 heterocycles. The number of hydrogen-bond acceptors (Lipinski definition) is 5. The number of hydrogen-bond donors (Lipinski definition) is 1. The lowest BCUT2D eigenvalue weighted by Gasteiger charge is -2.10. The van der Waals surface area contributed by atoms with Crippen molar-refractivity contribution in [3.63, 3.8) is 0 Å². The Bertz CT molecular complexity index is 1060. The van der Waals surface area contributed by atoms with E-state index in [0.717, 1.165) is 26.9 Å². The first-order valence-corrected chi connectivity index (χ1v) is 11.2. The van der Waals surface area contributed by atoms with E-state index >= 15 is 0 Å². The minimum Gasteiger partial charge on any atom is -0.230 e. The first-order chi connectivity index (χ1) is 12.7. The number of nitrogens with one attached hydrogen (secondary N) is 1. The quantitative estimate of drug-likeness (QED) is 0.563. The SMILES string of the molecule is CCSc1nc2ccc(S(=O)(=O)NCc3cccc(C(F)(F)F)c3)cc2s1. The molecule has 0 aliphatic heterocycles. The van der Waals surface area contributed by atoms with Gasteiger partial charge in [0.05, 0.1) is 20.7 Å². The Kier molecular flexibility index (Phi) is 5.80. The van der Waals surface area contributed by atoms with Crippen molar-refractivity contribution in [2.24, 2.45) is 0 Å². The smallest absolute Gasteiger partial charge is 0.230 e. The van der Waals surface area contributed by atoms with E-state index in [2.05, 4.69) is 9.71 Å². The molecule has 2 aromatic carbocycles. The van der Waals surface area contributed by atoms with Gasteiger partial charge in [-0.3, -0.25) is 0 Å². The van der Waals surface area contributed by atoms with E-state index in [1.807, 2.05) is 6.92 Å². The molecule has 0 unspecified atom stereocenters. The van der Waals surface area contributed by atoms with Crippen LogP contribution in [-0.4, -0.2) is 19.2 Å². The Morgan fingerprint density at radius 3 is 2.67 bits per heavy atom. The minimum atomic E-state index is -4.47. The molecular formula is C17H15F3N2O2S3. The fraction of sp³-hybridized carbons (Fsp3) is 0.235. The average Bonchev–Trinajstić information content (AvgIpc) is 3.01. The van der Waals surface area contributed by atoms with Gasteiger partial charge in [-0.15, -0.1) is 11.3 Å². The van der Waals surface area contributed by atoms with Crippen LogP contribution in [0.25, 0.3) is 10.2 Å². The highest BCUT2D eigenvalue weighted by atomic mass is 32.2. The molecule has 0 saturated heterocycles. The van der Waals surface area contributed by atoms with E-state index < -0.39 is 21.8 Å². The molecule has 3 rings (SSSR count). The number of halogens is 3. The summed E-state index contributed by atoms with van der Waals surface area (Å²) in [4.78, 5) is 4.47. The number of benzene rings is 2. The van der Waals surface area contributed by atoms with Gasteiger partial charge in [0.1, 0.15) is 0 Å². The Morgan fingerprint density at radius 2 is 1.96 bits per heavy atom. The first-order valence-electron chi connectivity index (χ1n) is 7.88. The second-order valence-electron chi connectivity index (χ2n) is 5.57. The number of rotatable bonds is 6. The minimum absolute atomic E-state index is 0.0543. The summed E-state index contributed by atoms with van der Waals surface area (Å²) < 4.78 is 67.3. The predicted octanol–water partition coefficient (Wildman–Crippen LogP) is 4.91. The average molecular weight is 433 g/mol. The van der Waals surface area contributed by atoms with Crippen LogP contribution in [0.2, 0.25) is 0 Å². The zero-order valence-electron chi connectivity index (χ0n) is 14.1. The van der Waals surface area contributed by atoms with Crippen molar-refractivity contribution in [1.29, 1.82) is 0 Å². The number of aromatic nitrogens is 1. The largest absolute Gasteiger partial charge is 0.416 e. The van der Waals surface area contributed by atoms with E-state index in [-0.39, 0.29) is 17.0 Å². The van der Waals surface area contributed by atoms with Gasteiger partial charge >= 0.3 is 6.18 Å². The third-order valence-electron chi connectivity index (χ3n) is 3.64. The van der Waals surface area contributed by atoms with Crippen molar-refractivity contribution in [1.82, 2.24) is 9.71 Å². The Balaban J connectivity index is 1.79. The second-order valence-corrected chi connectivity index (χ2v) is 9.87. The summed E-state index contributed by atoms with van der Waals surface area (Å²) in [6.45, 7) is 1.77. The van der Waals surface area contributed by atoms with Crippen LogP contribution in [0.3, 0.4) is 0 Å². The fourth-order valence-electron chi connectivity index (χ4n) is 2.36. The summed E-state index contributed by atoms with van der Waals surface area (Å²) in [7, 11) is -3.86. The molecular weight excluding hydrogens is 417 g/mol. The zero-order chi connectivity index (χ0) is 19.7. The highest BCUT2D eigenvalue weighted by Crippen LogP contribution is 2.31. The van der Waals surface area contributed by atoms with Gasteiger partial charge in [0, 0.05) is 6.54 Å². The van der Waals surface area contributed by atoms with Crippen molar-refractivity contribution in [2.75, 3.05) is 5.75 Å². The molecule has 0 bridgehead atoms. The van der Waals surface area contributed by atoms with Crippen LogP contribution in [0.15, 0.2) is 51.7 Å². The molecule has 1 N–H and O–H groups in total. The highest BCUT2D eigenvalue weighted by Gasteiger charge is 2.30. The van der Waals surface area contributed by atoms with Gasteiger partial charge in [-0.25, -0.2) is 18.1 Å². The molecule has 0 saturated carbocycles. The zero-order valence-corrected chi connectivity index (χ0v) is 16.5. The molecule has 0 atom stereocenters. The standard InChI is InChI=1S/C17H15F3N2O2S3/c1-2-25-16-22-14-7-6-13(9-15(14)26-16)27(23,24)21-10-11-4-3-5-12(8-11)17(18,19)20/h3-9,21H,2,10H2,1H3. The molecule has 0 aliphatic carbocycles. The molecule has 0 radical (unpaired) electrons. The molecule has 0 fully saturated rings. The van der Waals surface area contributed by atoms with Gasteiger partial charge in [-0.1, -0.05) is 36.9 Å². The van der Waals surface area contributed by atoms with Crippen LogP contribution in [0.4, 0.5) is 13.2 Å². The number of sulfonamides is 1. The highest BCUT2D eigenvalue weighted by molar-refractivity contribution is 8.01. The summed E-state index contributed by atoms with van der Waals surface area (Å²) in [6.07, 6.45) is -4.47. The van der Waals surface area contributed by atoms with Crippen LogP contribution >= 0.6 is 23.1 Å². The Morgan fingerprint density at radius 1 is 1.19 bits per heavy atom. The van der Waals surface area contributed by atoms with Crippen molar-refractivity contribution >= 4 is 43.3 Å². The van der Waals surface area contributed by atoms with Gasteiger partial charge in [0.2, 0.25) is 10.0 Å². The van der Waals surface area contributed by atoms with E-state index in [1.54, 1.807) is 17.8 Å². The summed E-state index contributed by atoms with van der Waals surface area (Å²) in [5, 5.41) is 0. The van der Waals surface area contributed by atoms with E-state index in [0.29, 0.717) is 5.52 Å². The third-order valence-corrected chi connectivity index (χ3v) is 7.08. The number of thiazole rings is 1. The summed E-state index contributed by atoms with van der Waals surface area (Å²) in [5.74, 6) is 0.865. The van der Waals surface area contributed by atoms with Crippen molar-refractivity contribution < 1.29 is 21.6 Å². The first kappa shape index (κ1) is 20.1. The van der Waals surface area contributed by atoms with Gasteiger partial charge in [-0.2, -0.15) is 13.2 Å². The van der Waals surface area contributed by atoms with Crippen LogP contribution in [0, 0.1) is 0 Å². The van der Waals surface area contributed by atoms with E-state index in [1.165, 1.54) is 35.6 Å². The van der Waals surface area contributed by atoms with Crippen LogP contribution in [-0.2, 0) is 22.7 Å². The van der Waals surface area contributed by atoms with Gasteiger partial charge < -0.3 is 0 Å². The summed E-state index contributed by atoms with van der Waals surface area (Å²) >= 11 is 2.98. The molecule has 10 heteroatoms. The third kappa shape index (κ3) is 4.81. The fourth-order valence-corrected chi connectivity index (χ4v) is 5.48. The lowest BCUT2D eigenvalue weighted by atomic mass is 10.1. The molecule has 0 spiro atoms. The van der Waals surface area contributed by atoms with Gasteiger partial charge in [0.15, 0.2) is 4.34 Å². The van der Waals surface area contributed by atoms with Gasteiger partial charge in [-0.05, 0) is 35.6 Å². The molecule has 0 aliphatic rings. The number of nitrogens with zero attached hydrogens (tertiary/aromatic N) is 1. The van der Waals surface area contributed by atoms with E-state index in [4.69, 9.17) is 0 Å². The Labute approximate surface area is 162 Å². The lowest BCUT2D eigenvalue weighted by Crippen LogP contribution is -2.23. The molecule has 27 heavy (non-hydrogen) atoms. The molecule has 1 aromatic heterocycles. The number of alkyl halides is 3. The number of fused-ring (bicyclic) bond motifs is 1.